The Hall–Kier alpha value is -0.892. The van der Waals surface area contributed by atoms with Gasteiger partial charge in [-0.2, -0.15) is 0 Å². The van der Waals surface area contributed by atoms with Crippen LogP contribution in [0.1, 0.15) is 5.56 Å². The summed E-state index contributed by atoms with van der Waals surface area (Å²) in [6, 6.07) is 13.3. The first-order valence-electron chi connectivity index (χ1n) is 7.55. The number of allylic oxidation sites excluding steroid dienone is 1. The van der Waals surface area contributed by atoms with Crippen LogP contribution in [0.4, 0.5) is 0 Å². The van der Waals surface area contributed by atoms with Gasteiger partial charge >= 0.3 is 5.97 Å². The van der Waals surface area contributed by atoms with Crippen LogP contribution in [0.3, 0.4) is 0 Å². The minimum Gasteiger partial charge on any atom is -0.693 e. The van der Waals surface area contributed by atoms with Gasteiger partial charge in [-0.3, -0.25) is 0 Å². The first-order valence-corrected chi connectivity index (χ1v) is 10.8. The monoisotopic (exact) mass is 551 g/mol. The van der Waals surface area contributed by atoms with Gasteiger partial charge in [-0.05, 0) is 22.4 Å². The van der Waals surface area contributed by atoms with Crippen molar-refractivity contribution in [3.8, 4) is 0 Å². The summed E-state index contributed by atoms with van der Waals surface area (Å²) in [5, 5.41) is 3.62. The van der Waals surface area contributed by atoms with E-state index in [-0.39, 0.29) is 49.8 Å². The minimum atomic E-state index is -1.61. The summed E-state index contributed by atoms with van der Waals surface area (Å²) in [4.78, 5) is 11.5. The van der Waals surface area contributed by atoms with Gasteiger partial charge in [0.2, 0.25) is 0 Å². The van der Waals surface area contributed by atoms with E-state index in [0.717, 1.165) is 17.0 Å². The zero-order valence-corrected chi connectivity index (χ0v) is 20.2. The van der Waals surface area contributed by atoms with E-state index in [1.807, 2.05) is 30.3 Å². The third kappa shape index (κ3) is 4.59. The molecular formula is C19H22AcNO2Si-. The maximum atomic E-state index is 11.5. The standard InChI is InChI=1S/C19H22NO2Si.Ac/c1-5-12-23(3,4)18-11-10-14(13-17(20)19(21)22-2)15-8-6-7-9-16(15)18;/h5-11,13,20H,1,12H2,2-4H3;/q-1;/b17-13+;. The fourth-order valence-electron chi connectivity index (χ4n) is 2.83. The van der Waals surface area contributed by atoms with Crippen LogP contribution in [0.2, 0.25) is 19.1 Å². The van der Waals surface area contributed by atoms with Gasteiger partial charge < -0.3 is 10.5 Å². The van der Waals surface area contributed by atoms with Gasteiger partial charge in [-0.1, -0.05) is 72.5 Å². The first kappa shape index (κ1) is 21.2. The Morgan fingerprint density at radius 2 is 1.83 bits per heavy atom. The topological polar surface area (TPSA) is 50.1 Å². The Morgan fingerprint density at radius 1 is 1.21 bits per heavy atom. The Labute approximate surface area is 180 Å². The van der Waals surface area contributed by atoms with Gasteiger partial charge in [0.1, 0.15) is 0 Å². The number of esters is 1. The largest absolute Gasteiger partial charge is 0.693 e. The zero-order valence-electron chi connectivity index (χ0n) is 14.4. The molecule has 0 spiro atoms. The van der Waals surface area contributed by atoms with Crippen LogP contribution >= 0.6 is 0 Å². The number of ether oxygens (including phenoxy) is 1. The van der Waals surface area contributed by atoms with E-state index < -0.39 is 14.0 Å². The number of carbonyl (C=O) groups excluding carboxylic acids is 1. The SMILES string of the molecule is C=CC[Si](C)(C)c1ccc(/C=C(/[NH-])C(=O)OC)c2ccccc12.[Ac]. The van der Waals surface area contributed by atoms with Crippen molar-refractivity contribution in [2.75, 3.05) is 7.11 Å². The molecule has 2 aromatic rings. The molecule has 0 bridgehead atoms. The van der Waals surface area contributed by atoms with Gasteiger partial charge in [-0.25, -0.2) is 4.79 Å². The van der Waals surface area contributed by atoms with Crippen molar-refractivity contribution in [2.24, 2.45) is 0 Å². The van der Waals surface area contributed by atoms with Crippen molar-refractivity contribution in [1.29, 1.82) is 0 Å². The maximum Gasteiger partial charge on any atom is 0.315 e. The Balaban J connectivity index is 0.00000288. The first-order chi connectivity index (χ1) is 10.9. The molecule has 0 unspecified atom stereocenters. The molecule has 0 amide bonds. The average molecular weight is 551 g/mol. The smallest absolute Gasteiger partial charge is 0.315 e. The zero-order chi connectivity index (χ0) is 17.0. The number of hydrogen-bond donors (Lipinski definition) is 0. The molecule has 0 aromatic heterocycles. The number of carbonyl (C=O) groups is 1. The van der Waals surface area contributed by atoms with Crippen molar-refractivity contribution in [2.45, 2.75) is 19.1 Å². The minimum absolute atomic E-state index is 0. The molecule has 1 radical (unpaired) electrons. The Kier molecular flexibility index (Phi) is 7.92. The summed E-state index contributed by atoms with van der Waals surface area (Å²) in [5.74, 6) is -0.625. The fourth-order valence-corrected chi connectivity index (χ4v) is 5.26. The van der Waals surface area contributed by atoms with E-state index in [0.29, 0.717) is 0 Å². The average Bonchev–Trinajstić information content (AvgIpc) is 2.54. The van der Waals surface area contributed by atoms with Crippen LogP contribution in [0.15, 0.2) is 54.8 Å². The van der Waals surface area contributed by atoms with E-state index >= 15 is 0 Å². The number of rotatable bonds is 5. The third-order valence-corrected chi connectivity index (χ3v) is 7.25. The van der Waals surface area contributed by atoms with Crippen molar-refractivity contribution >= 4 is 36.1 Å². The summed E-state index contributed by atoms with van der Waals surface area (Å²) >= 11 is 0. The van der Waals surface area contributed by atoms with Crippen LogP contribution in [-0.2, 0) is 9.53 Å². The quantitative estimate of drug-likeness (QED) is 0.238. The predicted molar refractivity (Wildman–Crippen MR) is 100 cm³/mol. The van der Waals surface area contributed by atoms with E-state index in [2.05, 4.69) is 36.5 Å². The number of fused-ring (bicyclic) bond motifs is 1. The molecule has 123 valence electrons. The van der Waals surface area contributed by atoms with Crippen LogP contribution in [0.25, 0.3) is 22.6 Å². The molecule has 0 atom stereocenters. The molecule has 1 N–H and O–H groups in total. The second-order valence-corrected chi connectivity index (χ2v) is 10.9. The van der Waals surface area contributed by atoms with Crippen LogP contribution in [0.5, 0.6) is 0 Å². The second kappa shape index (κ2) is 8.99. The summed E-state index contributed by atoms with van der Waals surface area (Å²) in [6.07, 6.45) is 3.56. The van der Waals surface area contributed by atoms with Crippen molar-refractivity contribution < 1.29 is 53.6 Å². The molecule has 0 saturated carbocycles. The number of hydrogen-bond acceptors (Lipinski definition) is 2. The molecule has 0 aliphatic heterocycles. The number of benzene rings is 2. The van der Waals surface area contributed by atoms with Gasteiger partial charge in [0.25, 0.3) is 0 Å². The van der Waals surface area contributed by atoms with Crippen LogP contribution < -0.4 is 5.19 Å². The normalized spacial score (nSPS) is 11.7. The van der Waals surface area contributed by atoms with E-state index in [9.17, 15) is 4.79 Å². The summed E-state index contributed by atoms with van der Waals surface area (Å²) in [6.45, 7) is 8.55. The van der Waals surface area contributed by atoms with Gasteiger partial charge in [0.05, 0.1) is 15.2 Å². The molecule has 0 aliphatic rings. The molecule has 3 nitrogen and oxygen atoms in total. The van der Waals surface area contributed by atoms with Gasteiger partial charge in [-0.15, -0.1) is 6.58 Å². The predicted octanol–water partition coefficient (Wildman–Crippen LogP) is 4.51. The van der Waals surface area contributed by atoms with Gasteiger partial charge in [0.15, 0.2) is 0 Å². The van der Waals surface area contributed by atoms with Crippen LogP contribution in [-0.4, -0.2) is 21.2 Å². The summed E-state index contributed by atoms with van der Waals surface area (Å²) in [5.41, 5.74) is 8.53. The Morgan fingerprint density at radius 3 is 2.42 bits per heavy atom. The van der Waals surface area contributed by atoms with E-state index in [1.54, 1.807) is 6.08 Å². The molecule has 0 fully saturated rings. The molecule has 0 aliphatic carbocycles. The summed E-state index contributed by atoms with van der Waals surface area (Å²) in [7, 11) is -0.326. The molecular weight excluding hydrogens is 529 g/mol. The molecule has 2 aromatic carbocycles. The fraction of sp³-hybridized carbons (Fsp3) is 0.211. The Bertz CT molecular complexity index is 784. The number of nitrogens with one attached hydrogen (secondary N) is 1. The van der Waals surface area contributed by atoms with Crippen molar-refractivity contribution in [3.05, 3.63) is 66.0 Å². The van der Waals surface area contributed by atoms with Crippen molar-refractivity contribution in [3.63, 3.8) is 0 Å². The molecule has 24 heavy (non-hydrogen) atoms. The second-order valence-electron chi connectivity index (χ2n) is 6.17. The molecule has 5 heteroatoms. The third-order valence-electron chi connectivity index (χ3n) is 4.05. The van der Waals surface area contributed by atoms with E-state index in [4.69, 9.17) is 5.73 Å². The van der Waals surface area contributed by atoms with Crippen molar-refractivity contribution in [1.82, 2.24) is 0 Å². The number of methoxy groups -OCH3 is 1. The van der Waals surface area contributed by atoms with E-state index in [1.165, 1.54) is 17.7 Å². The van der Waals surface area contributed by atoms with Crippen LogP contribution in [0, 0.1) is 44.1 Å². The summed E-state index contributed by atoms with van der Waals surface area (Å²) < 4.78 is 4.61. The molecule has 2 rings (SSSR count). The molecule has 0 heterocycles. The van der Waals surface area contributed by atoms with Gasteiger partial charge in [0, 0.05) is 44.1 Å². The maximum absolute atomic E-state index is 11.5. The molecule has 0 saturated heterocycles.